The standard InChI is InChI=1S/C20H33N3O3/c1-15(2)23(16-10-6-5-7-11-16)17(24)14-22-18(25)20(21-19(22)26)12-8-3-4-9-13-20/h15-16H,3-14H2,1-2H3,(H,21,26). The van der Waals surface area contributed by atoms with Gasteiger partial charge < -0.3 is 10.2 Å². The average Bonchev–Trinajstić information content (AvgIpc) is 2.78. The summed E-state index contributed by atoms with van der Waals surface area (Å²) >= 11 is 0. The van der Waals surface area contributed by atoms with Gasteiger partial charge in [0.1, 0.15) is 12.1 Å². The van der Waals surface area contributed by atoms with E-state index in [2.05, 4.69) is 5.32 Å². The molecule has 4 amide bonds. The molecule has 1 spiro atoms. The van der Waals surface area contributed by atoms with Crippen LogP contribution in [0.25, 0.3) is 0 Å². The molecule has 2 aliphatic carbocycles. The van der Waals surface area contributed by atoms with Gasteiger partial charge in [-0.2, -0.15) is 0 Å². The highest BCUT2D eigenvalue weighted by atomic mass is 16.2. The minimum Gasteiger partial charge on any atom is -0.336 e. The lowest BCUT2D eigenvalue weighted by atomic mass is 9.90. The van der Waals surface area contributed by atoms with E-state index in [1.165, 1.54) is 11.3 Å². The SMILES string of the molecule is CC(C)N(C(=O)CN1C(=O)NC2(CCCCCC2)C1=O)C1CCCCC1. The molecule has 0 unspecified atom stereocenters. The van der Waals surface area contributed by atoms with Crippen molar-refractivity contribution < 1.29 is 14.4 Å². The lowest BCUT2D eigenvalue weighted by molar-refractivity contribution is -0.142. The van der Waals surface area contributed by atoms with Crippen LogP contribution in [-0.2, 0) is 9.59 Å². The summed E-state index contributed by atoms with van der Waals surface area (Å²) in [6, 6.07) is -0.0698. The van der Waals surface area contributed by atoms with E-state index in [0.717, 1.165) is 51.4 Å². The summed E-state index contributed by atoms with van der Waals surface area (Å²) < 4.78 is 0. The average molecular weight is 364 g/mol. The van der Waals surface area contributed by atoms with Gasteiger partial charge in [0, 0.05) is 12.1 Å². The molecule has 0 aromatic carbocycles. The molecular formula is C20H33N3O3. The van der Waals surface area contributed by atoms with Gasteiger partial charge in [-0.3, -0.25) is 14.5 Å². The maximum Gasteiger partial charge on any atom is 0.325 e. The van der Waals surface area contributed by atoms with Gasteiger partial charge in [0.05, 0.1) is 0 Å². The van der Waals surface area contributed by atoms with E-state index in [1.807, 2.05) is 18.7 Å². The van der Waals surface area contributed by atoms with E-state index < -0.39 is 11.6 Å². The molecule has 2 saturated carbocycles. The second kappa shape index (κ2) is 7.97. The van der Waals surface area contributed by atoms with Crippen LogP contribution in [0.15, 0.2) is 0 Å². The quantitative estimate of drug-likeness (QED) is 0.780. The Balaban J connectivity index is 1.71. The normalized spacial score (nSPS) is 24.0. The van der Waals surface area contributed by atoms with Gasteiger partial charge in [0.2, 0.25) is 5.91 Å². The molecule has 0 atom stereocenters. The zero-order valence-corrected chi connectivity index (χ0v) is 16.3. The molecule has 1 N–H and O–H groups in total. The molecule has 6 nitrogen and oxygen atoms in total. The summed E-state index contributed by atoms with van der Waals surface area (Å²) in [6.07, 6.45) is 11.1. The number of hydrogen-bond donors (Lipinski definition) is 1. The van der Waals surface area contributed by atoms with Crippen LogP contribution in [0.5, 0.6) is 0 Å². The predicted octanol–water partition coefficient (Wildman–Crippen LogP) is 3.20. The van der Waals surface area contributed by atoms with Crippen LogP contribution >= 0.6 is 0 Å². The fraction of sp³-hybridized carbons (Fsp3) is 0.850. The van der Waals surface area contributed by atoms with Gasteiger partial charge in [-0.1, -0.05) is 44.9 Å². The Morgan fingerprint density at radius 3 is 2.23 bits per heavy atom. The number of hydrogen-bond acceptors (Lipinski definition) is 3. The van der Waals surface area contributed by atoms with E-state index >= 15 is 0 Å². The first kappa shape index (κ1) is 19.2. The van der Waals surface area contributed by atoms with Crippen molar-refractivity contribution in [1.82, 2.24) is 15.1 Å². The summed E-state index contributed by atoms with van der Waals surface area (Å²) in [4.78, 5) is 41.6. The summed E-state index contributed by atoms with van der Waals surface area (Å²) in [5, 5.41) is 2.93. The zero-order valence-electron chi connectivity index (χ0n) is 16.3. The molecule has 1 saturated heterocycles. The highest BCUT2D eigenvalue weighted by molar-refractivity contribution is 6.09. The molecule has 26 heavy (non-hydrogen) atoms. The van der Waals surface area contributed by atoms with Crippen LogP contribution in [0, 0.1) is 0 Å². The number of urea groups is 1. The summed E-state index contributed by atoms with van der Waals surface area (Å²) in [5.41, 5.74) is -0.763. The third-order valence-electron chi connectivity index (χ3n) is 6.31. The highest BCUT2D eigenvalue weighted by Gasteiger charge is 2.51. The predicted molar refractivity (Wildman–Crippen MR) is 99.5 cm³/mol. The van der Waals surface area contributed by atoms with Crippen molar-refractivity contribution in [1.29, 1.82) is 0 Å². The van der Waals surface area contributed by atoms with E-state index in [1.54, 1.807) is 0 Å². The molecule has 0 aromatic heterocycles. The summed E-state index contributed by atoms with van der Waals surface area (Å²) in [6.45, 7) is 3.91. The van der Waals surface area contributed by atoms with Crippen LogP contribution < -0.4 is 5.32 Å². The number of rotatable bonds is 4. The molecule has 3 aliphatic rings. The summed E-state index contributed by atoms with van der Waals surface area (Å²) in [7, 11) is 0. The topological polar surface area (TPSA) is 69.7 Å². The maximum absolute atomic E-state index is 13.0. The van der Waals surface area contributed by atoms with Gasteiger partial charge in [-0.25, -0.2) is 4.79 Å². The van der Waals surface area contributed by atoms with Crippen LogP contribution in [-0.4, -0.2) is 51.8 Å². The van der Waals surface area contributed by atoms with Crippen LogP contribution in [0.1, 0.15) is 84.5 Å². The van der Waals surface area contributed by atoms with Crippen molar-refractivity contribution in [2.45, 2.75) is 102 Å². The second-order valence-corrected chi connectivity index (χ2v) is 8.50. The molecule has 0 aromatic rings. The zero-order chi connectivity index (χ0) is 18.7. The van der Waals surface area contributed by atoms with Crippen molar-refractivity contribution in [3.63, 3.8) is 0 Å². The minimum absolute atomic E-state index is 0.0817. The fourth-order valence-electron chi connectivity index (χ4n) is 4.98. The fourth-order valence-corrected chi connectivity index (χ4v) is 4.98. The number of amides is 4. The molecule has 6 heteroatoms. The lowest BCUT2D eigenvalue weighted by Crippen LogP contribution is -2.51. The van der Waals surface area contributed by atoms with Crippen molar-refractivity contribution >= 4 is 17.8 Å². The Labute approximate surface area is 156 Å². The Bertz CT molecular complexity index is 547. The molecule has 0 radical (unpaired) electrons. The summed E-state index contributed by atoms with van der Waals surface area (Å²) in [5.74, 6) is -0.286. The Morgan fingerprint density at radius 1 is 1.08 bits per heavy atom. The van der Waals surface area contributed by atoms with Gasteiger partial charge >= 0.3 is 6.03 Å². The van der Waals surface area contributed by atoms with Crippen molar-refractivity contribution in [3.8, 4) is 0 Å². The Morgan fingerprint density at radius 2 is 1.65 bits per heavy atom. The molecule has 1 heterocycles. The van der Waals surface area contributed by atoms with E-state index in [9.17, 15) is 14.4 Å². The number of imide groups is 1. The number of nitrogens with zero attached hydrogens (tertiary/aromatic N) is 2. The molecular weight excluding hydrogens is 330 g/mol. The van der Waals surface area contributed by atoms with Crippen LogP contribution in [0.4, 0.5) is 4.79 Å². The molecule has 1 aliphatic heterocycles. The monoisotopic (exact) mass is 363 g/mol. The number of carbonyl (C=O) groups is 3. The number of carbonyl (C=O) groups excluding carboxylic acids is 3. The van der Waals surface area contributed by atoms with E-state index in [0.29, 0.717) is 12.8 Å². The van der Waals surface area contributed by atoms with Gasteiger partial charge in [-0.05, 0) is 39.5 Å². The maximum atomic E-state index is 13.0. The van der Waals surface area contributed by atoms with Crippen molar-refractivity contribution in [3.05, 3.63) is 0 Å². The highest BCUT2D eigenvalue weighted by Crippen LogP contribution is 2.33. The Kier molecular flexibility index (Phi) is 5.88. The minimum atomic E-state index is -0.763. The first-order valence-corrected chi connectivity index (χ1v) is 10.4. The van der Waals surface area contributed by atoms with Crippen LogP contribution in [0.2, 0.25) is 0 Å². The van der Waals surface area contributed by atoms with Gasteiger partial charge in [0.15, 0.2) is 0 Å². The first-order chi connectivity index (χ1) is 12.4. The van der Waals surface area contributed by atoms with Gasteiger partial charge in [0.25, 0.3) is 5.91 Å². The van der Waals surface area contributed by atoms with E-state index in [4.69, 9.17) is 0 Å². The largest absolute Gasteiger partial charge is 0.336 e. The third-order valence-corrected chi connectivity index (χ3v) is 6.31. The van der Waals surface area contributed by atoms with Crippen LogP contribution in [0.3, 0.4) is 0 Å². The second-order valence-electron chi connectivity index (χ2n) is 8.50. The lowest BCUT2D eigenvalue weighted by Gasteiger charge is -2.38. The number of nitrogens with one attached hydrogen (secondary N) is 1. The third kappa shape index (κ3) is 3.74. The van der Waals surface area contributed by atoms with Crippen molar-refractivity contribution in [2.24, 2.45) is 0 Å². The molecule has 146 valence electrons. The smallest absolute Gasteiger partial charge is 0.325 e. The van der Waals surface area contributed by atoms with Gasteiger partial charge in [-0.15, -0.1) is 0 Å². The Hall–Kier alpha value is -1.59. The van der Waals surface area contributed by atoms with Crippen molar-refractivity contribution in [2.75, 3.05) is 6.54 Å². The molecule has 0 bridgehead atoms. The van der Waals surface area contributed by atoms with E-state index in [-0.39, 0.29) is 30.4 Å². The molecule has 3 fully saturated rings. The molecule has 3 rings (SSSR count). The first-order valence-electron chi connectivity index (χ1n) is 10.4.